The molecule has 0 unspecified atom stereocenters. The maximum atomic E-state index is 12.9. The molecule has 0 spiro atoms. The number of carbonyl (C=O) groups excluding carboxylic acids is 3. The summed E-state index contributed by atoms with van der Waals surface area (Å²) in [6, 6.07) is 23.3. The van der Waals surface area contributed by atoms with Crippen molar-refractivity contribution in [3.05, 3.63) is 133 Å². The number of rotatable bonds is 8. The van der Waals surface area contributed by atoms with Crippen molar-refractivity contribution < 1.29 is 24.0 Å². The average Bonchev–Trinajstić information content (AvgIpc) is 2.95. The van der Waals surface area contributed by atoms with Gasteiger partial charge in [-0.3, -0.25) is 19.7 Å². The lowest BCUT2D eigenvalue weighted by Gasteiger charge is -2.10. The van der Waals surface area contributed by atoms with Gasteiger partial charge in [-0.2, -0.15) is 5.10 Å². The van der Waals surface area contributed by atoms with E-state index in [4.69, 9.17) is 4.74 Å². The van der Waals surface area contributed by atoms with Crippen LogP contribution in [0, 0.1) is 17.0 Å². The summed E-state index contributed by atoms with van der Waals surface area (Å²) in [5.41, 5.74) is 4.62. The molecule has 0 aliphatic carbocycles. The number of benzene rings is 4. The first-order valence-corrected chi connectivity index (χ1v) is 12.6. The fourth-order valence-corrected chi connectivity index (χ4v) is 3.88. The molecule has 0 radical (unpaired) electrons. The smallest absolute Gasteiger partial charge is 0.343 e. The molecule has 4 rings (SSSR count). The van der Waals surface area contributed by atoms with Crippen LogP contribution >= 0.6 is 15.9 Å². The number of hydrazone groups is 1. The molecule has 0 aliphatic rings. The predicted octanol–water partition coefficient (Wildman–Crippen LogP) is 5.90. The highest BCUT2D eigenvalue weighted by Gasteiger charge is 2.16. The normalized spacial score (nSPS) is 10.7. The zero-order valence-electron chi connectivity index (χ0n) is 21.0. The highest BCUT2D eigenvalue weighted by Crippen LogP contribution is 2.23. The van der Waals surface area contributed by atoms with E-state index in [0.29, 0.717) is 15.6 Å². The number of ether oxygens (including phenoxy) is 1. The number of para-hydroxylation sites is 1. The van der Waals surface area contributed by atoms with Crippen molar-refractivity contribution in [2.24, 2.45) is 5.10 Å². The van der Waals surface area contributed by atoms with Gasteiger partial charge in [0.25, 0.3) is 17.5 Å². The van der Waals surface area contributed by atoms with Gasteiger partial charge in [-0.1, -0.05) is 45.8 Å². The summed E-state index contributed by atoms with van der Waals surface area (Å²) >= 11 is 3.37. The van der Waals surface area contributed by atoms with Crippen molar-refractivity contribution in [3.8, 4) is 5.75 Å². The second-order valence-corrected chi connectivity index (χ2v) is 9.36. The van der Waals surface area contributed by atoms with Crippen molar-refractivity contribution >= 4 is 51.3 Å². The molecule has 11 heteroatoms. The first-order chi connectivity index (χ1) is 19.2. The van der Waals surface area contributed by atoms with Crippen molar-refractivity contribution in [3.63, 3.8) is 0 Å². The minimum absolute atomic E-state index is 0.134. The van der Waals surface area contributed by atoms with Gasteiger partial charge in [0.15, 0.2) is 0 Å². The standard InChI is InChI=1S/C29H21BrN4O6/c1-18-6-8-20(9-7-18)29(37)40-26-15-12-22(30)16-21(26)17-31-33-28(36)24-4-2-3-5-25(24)32-27(35)19-10-13-23(14-11-19)34(38)39/h2-17H,1H3,(H,32,35)(H,33,36)/b31-17-. The van der Waals surface area contributed by atoms with Crippen LogP contribution in [-0.2, 0) is 0 Å². The van der Waals surface area contributed by atoms with Crippen LogP contribution < -0.4 is 15.5 Å². The Kier molecular flexibility index (Phi) is 8.77. The molecule has 0 heterocycles. The Labute approximate surface area is 237 Å². The Morgan fingerprint density at radius 1 is 0.900 bits per heavy atom. The van der Waals surface area contributed by atoms with Crippen LogP contribution in [-0.4, -0.2) is 28.9 Å². The lowest BCUT2D eigenvalue weighted by Crippen LogP contribution is -2.21. The number of amides is 2. The number of nitro groups is 1. The molecule has 2 amide bonds. The number of halogens is 1. The van der Waals surface area contributed by atoms with E-state index in [2.05, 4.69) is 31.8 Å². The van der Waals surface area contributed by atoms with Crippen molar-refractivity contribution in [1.82, 2.24) is 5.43 Å². The number of nitro benzene ring substituents is 1. The van der Waals surface area contributed by atoms with E-state index in [9.17, 15) is 24.5 Å². The molecule has 0 fully saturated rings. The lowest BCUT2D eigenvalue weighted by molar-refractivity contribution is -0.384. The number of non-ortho nitro benzene ring substituents is 1. The molecule has 0 aromatic heterocycles. The monoisotopic (exact) mass is 600 g/mol. The Hall–Kier alpha value is -5.16. The van der Waals surface area contributed by atoms with Crippen LogP contribution in [0.5, 0.6) is 5.75 Å². The van der Waals surface area contributed by atoms with Gasteiger partial charge in [0.05, 0.1) is 28.0 Å². The molecule has 0 aliphatic heterocycles. The Morgan fingerprint density at radius 2 is 1.57 bits per heavy atom. The second-order valence-electron chi connectivity index (χ2n) is 8.44. The molecule has 4 aromatic rings. The summed E-state index contributed by atoms with van der Waals surface area (Å²) in [6.45, 7) is 1.91. The largest absolute Gasteiger partial charge is 0.422 e. The van der Waals surface area contributed by atoms with Crippen LogP contribution in [0.25, 0.3) is 0 Å². The minimum Gasteiger partial charge on any atom is -0.422 e. The van der Waals surface area contributed by atoms with E-state index < -0.39 is 22.7 Å². The number of carbonyl (C=O) groups is 3. The summed E-state index contributed by atoms with van der Waals surface area (Å²) < 4.78 is 6.25. The van der Waals surface area contributed by atoms with Gasteiger partial charge >= 0.3 is 5.97 Å². The van der Waals surface area contributed by atoms with E-state index in [1.165, 1.54) is 36.5 Å². The molecular formula is C29H21BrN4O6. The topological polar surface area (TPSA) is 140 Å². The third-order valence-electron chi connectivity index (χ3n) is 5.59. The fourth-order valence-electron chi connectivity index (χ4n) is 3.50. The maximum Gasteiger partial charge on any atom is 0.343 e. The number of hydrogen-bond acceptors (Lipinski definition) is 7. The summed E-state index contributed by atoms with van der Waals surface area (Å²) in [5.74, 6) is -1.46. The minimum atomic E-state index is -0.607. The maximum absolute atomic E-state index is 12.9. The molecule has 2 N–H and O–H groups in total. The van der Waals surface area contributed by atoms with Crippen molar-refractivity contribution in [2.45, 2.75) is 6.92 Å². The molecule has 0 bridgehead atoms. The van der Waals surface area contributed by atoms with Gasteiger partial charge in [0.1, 0.15) is 5.75 Å². The predicted molar refractivity (Wildman–Crippen MR) is 153 cm³/mol. The number of esters is 1. The third-order valence-corrected chi connectivity index (χ3v) is 6.08. The van der Waals surface area contributed by atoms with E-state index in [0.717, 1.165) is 5.56 Å². The highest BCUT2D eigenvalue weighted by molar-refractivity contribution is 9.10. The lowest BCUT2D eigenvalue weighted by atomic mass is 10.1. The van der Waals surface area contributed by atoms with Crippen LogP contribution in [0.1, 0.15) is 42.2 Å². The van der Waals surface area contributed by atoms with Crippen molar-refractivity contribution in [1.29, 1.82) is 0 Å². The SMILES string of the molecule is Cc1ccc(C(=O)Oc2ccc(Br)cc2/C=N\NC(=O)c2ccccc2NC(=O)c2ccc([N+](=O)[O-])cc2)cc1. The summed E-state index contributed by atoms with van der Waals surface area (Å²) in [6.07, 6.45) is 1.33. The van der Waals surface area contributed by atoms with Gasteiger partial charge in [0, 0.05) is 27.7 Å². The van der Waals surface area contributed by atoms with E-state index in [-0.39, 0.29) is 28.3 Å². The molecule has 0 saturated carbocycles. The number of aryl methyl sites for hydroxylation is 1. The van der Waals surface area contributed by atoms with Crippen LogP contribution in [0.3, 0.4) is 0 Å². The quantitative estimate of drug-likeness (QED) is 0.0848. The number of nitrogens with one attached hydrogen (secondary N) is 2. The number of anilines is 1. The first-order valence-electron chi connectivity index (χ1n) is 11.8. The van der Waals surface area contributed by atoms with Crippen molar-refractivity contribution in [2.75, 3.05) is 5.32 Å². The first kappa shape index (κ1) is 27.9. The molecule has 40 heavy (non-hydrogen) atoms. The third kappa shape index (κ3) is 7.03. The Morgan fingerprint density at radius 3 is 2.27 bits per heavy atom. The summed E-state index contributed by atoms with van der Waals surface area (Å²) in [5, 5.41) is 17.5. The van der Waals surface area contributed by atoms with Gasteiger partial charge in [-0.15, -0.1) is 0 Å². The molecule has 4 aromatic carbocycles. The Balaban J connectivity index is 1.46. The average molecular weight is 601 g/mol. The van der Waals surface area contributed by atoms with E-state index in [1.54, 1.807) is 48.5 Å². The van der Waals surface area contributed by atoms with Gasteiger partial charge in [-0.25, -0.2) is 10.2 Å². The van der Waals surface area contributed by atoms with E-state index in [1.807, 2.05) is 19.1 Å². The molecule has 200 valence electrons. The number of hydrogen-bond donors (Lipinski definition) is 2. The fraction of sp³-hybridized carbons (Fsp3) is 0.0345. The molecule has 10 nitrogen and oxygen atoms in total. The molecule has 0 atom stereocenters. The number of nitrogens with zero attached hydrogens (tertiary/aromatic N) is 2. The van der Waals surface area contributed by atoms with Crippen LogP contribution in [0.4, 0.5) is 11.4 Å². The van der Waals surface area contributed by atoms with Gasteiger partial charge < -0.3 is 10.1 Å². The van der Waals surface area contributed by atoms with Crippen LogP contribution in [0.15, 0.2) is 101 Å². The van der Waals surface area contributed by atoms with E-state index >= 15 is 0 Å². The molecular weight excluding hydrogens is 580 g/mol. The zero-order chi connectivity index (χ0) is 28.6. The second kappa shape index (κ2) is 12.6. The van der Waals surface area contributed by atoms with Gasteiger partial charge in [0.2, 0.25) is 0 Å². The summed E-state index contributed by atoms with van der Waals surface area (Å²) in [4.78, 5) is 48.4. The van der Waals surface area contributed by atoms with Gasteiger partial charge in [-0.05, 0) is 61.5 Å². The summed E-state index contributed by atoms with van der Waals surface area (Å²) in [7, 11) is 0. The highest BCUT2D eigenvalue weighted by atomic mass is 79.9. The molecule has 0 saturated heterocycles. The van der Waals surface area contributed by atoms with Crippen LogP contribution in [0.2, 0.25) is 0 Å². The zero-order valence-corrected chi connectivity index (χ0v) is 22.5. The Bertz CT molecular complexity index is 1620.